The molecule has 8 heteroatoms. The Morgan fingerprint density at radius 2 is 1.76 bits per heavy atom. The van der Waals surface area contributed by atoms with E-state index in [0.29, 0.717) is 38.6 Å². The number of para-hydroxylation sites is 1. The maximum absolute atomic E-state index is 12.2. The molecular weight excluding hydrogens is 333 g/mol. The first-order valence-electron chi connectivity index (χ1n) is 8.28. The minimum absolute atomic E-state index is 0.369. The van der Waals surface area contributed by atoms with E-state index < -0.39 is 12.7 Å². The Morgan fingerprint density at radius 1 is 1.12 bits per heavy atom. The molecule has 0 heterocycles. The van der Waals surface area contributed by atoms with E-state index in [-0.39, 0.29) is 0 Å². The van der Waals surface area contributed by atoms with Crippen molar-refractivity contribution < 1.29 is 17.9 Å². The van der Waals surface area contributed by atoms with Gasteiger partial charge in [0.25, 0.3) is 0 Å². The molecule has 1 rings (SSSR count). The second-order valence-corrected chi connectivity index (χ2v) is 5.65. The van der Waals surface area contributed by atoms with Gasteiger partial charge in [-0.1, -0.05) is 18.2 Å². The fourth-order valence-electron chi connectivity index (χ4n) is 2.15. The molecule has 0 spiro atoms. The maximum Gasteiger partial charge on any atom is 0.401 e. The van der Waals surface area contributed by atoms with Gasteiger partial charge in [-0.25, -0.2) is 0 Å². The van der Waals surface area contributed by atoms with E-state index in [1.54, 1.807) is 7.05 Å². The second kappa shape index (κ2) is 11.6. The van der Waals surface area contributed by atoms with Crippen molar-refractivity contribution >= 4 is 5.96 Å². The van der Waals surface area contributed by atoms with E-state index in [0.717, 1.165) is 12.2 Å². The largest absolute Gasteiger partial charge is 0.494 e. The number of halogens is 3. The highest BCUT2D eigenvalue weighted by Crippen LogP contribution is 2.15. The second-order valence-electron chi connectivity index (χ2n) is 5.65. The maximum atomic E-state index is 12.2. The van der Waals surface area contributed by atoms with Gasteiger partial charge in [-0.05, 0) is 38.6 Å². The molecule has 25 heavy (non-hydrogen) atoms. The lowest BCUT2D eigenvalue weighted by atomic mass is 10.3. The summed E-state index contributed by atoms with van der Waals surface area (Å²) in [4.78, 5) is 5.34. The molecule has 0 radical (unpaired) electrons. The van der Waals surface area contributed by atoms with Crippen LogP contribution in [0.5, 0.6) is 5.75 Å². The van der Waals surface area contributed by atoms with Gasteiger partial charge < -0.3 is 15.4 Å². The van der Waals surface area contributed by atoms with Crippen molar-refractivity contribution in [3.05, 3.63) is 30.3 Å². The zero-order valence-corrected chi connectivity index (χ0v) is 14.8. The van der Waals surface area contributed by atoms with Crippen molar-refractivity contribution in [3.63, 3.8) is 0 Å². The number of alkyl halides is 3. The minimum atomic E-state index is -4.15. The number of guanidine groups is 1. The Kier molecular flexibility index (Phi) is 9.76. The van der Waals surface area contributed by atoms with E-state index in [1.165, 1.54) is 11.9 Å². The zero-order valence-electron chi connectivity index (χ0n) is 14.8. The number of ether oxygens (including phenoxy) is 1. The van der Waals surface area contributed by atoms with Crippen molar-refractivity contribution in [1.82, 2.24) is 15.5 Å². The molecule has 142 valence electrons. The first-order valence-corrected chi connectivity index (χ1v) is 8.28. The molecule has 0 aliphatic rings. The lowest BCUT2D eigenvalue weighted by Crippen LogP contribution is -2.39. The topological polar surface area (TPSA) is 48.9 Å². The van der Waals surface area contributed by atoms with Crippen molar-refractivity contribution in [2.75, 3.05) is 46.9 Å². The fraction of sp³-hybridized carbons (Fsp3) is 0.588. The van der Waals surface area contributed by atoms with Crippen molar-refractivity contribution in [3.8, 4) is 5.75 Å². The Balaban J connectivity index is 2.06. The molecule has 5 nitrogen and oxygen atoms in total. The van der Waals surface area contributed by atoms with Gasteiger partial charge in [0.05, 0.1) is 13.2 Å². The smallest absolute Gasteiger partial charge is 0.401 e. The van der Waals surface area contributed by atoms with Crippen LogP contribution in [-0.2, 0) is 0 Å². The minimum Gasteiger partial charge on any atom is -0.494 e. The predicted octanol–water partition coefficient (Wildman–Crippen LogP) is 2.50. The average molecular weight is 360 g/mol. The van der Waals surface area contributed by atoms with E-state index >= 15 is 0 Å². The van der Waals surface area contributed by atoms with Gasteiger partial charge in [0.2, 0.25) is 0 Å². The number of hydrogen-bond acceptors (Lipinski definition) is 3. The third kappa shape index (κ3) is 11.3. The van der Waals surface area contributed by atoms with Crippen LogP contribution in [0, 0.1) is 0 Å². The van der Waals surface area contributed by atoms with Crippen LogP contribution in [0.1, 0.15) is 12.8 Å². The fourth-order valence-corrected chi connectivity index (χ4v) is 2.15. The first kappa shape index (κ1) is 21.1. The van der Waals surface area contributed by atoms with Gasteiger partial charge >= 0.3 is 6.18 Å². The highest BCUT2D eigenvalue weighted by Gasteiger charge is 2.28. The predicted molar refractivity (Wildman–Crippen MR) is 94.1 cm³/mol. The monoisotopic (exact) mass is 360 g/mol. The highest BCUT2D eigenvalue weighted by atomic mass is 19.4. The molecule has 0 amide bonds. The van der Waals surface area contributed by atoms with E-state index in [1.807, 2.05) is 30.3 Å². The molecular formula is C17H27F3N4O. The molecule has 2 N–H and O–H groups in total. The standard InChI is InChI=1S/C17H27F3N4O/c1-21-16(22-10-6-12-24(2)14-17(18,19)20)23-11-7-13-25-15-8-4-3-5-9-15/h3-5,8-9H,6-7,10-14H2,1-2H3,(H2,21,22,23). The molecule has 1 aromatic carbocycles. The van der Waals surface area contributed by atoms with Gasteiger partial charge in [0.1, 0.15) is 5.75 Å². The molecule has 0 saturated heterocycles. The number of rotatable bonds is 10. The molecule has 1 aromatic rings. The summed E-state index contributed by atoms with van der Waals surface area (Å²) in [5.41, 5.74) is 0. The molecule has 0 bridgehead atoms. The summed E-state index contributed by atoms with van der Waals surface area (Å²) in [5.74, 6) is 1.48. The molecule has 0 atom stereocenters. The number of nitrogens with zero attached hydrogens (tertiary/aromatic N) is 2. The molecule has 0 fully saturated rings. The molecule has 0 aliphatic heterocycles. The van der Waals surface area contributed by atoms with Crippen LogP contribution in [0.25, 0.3) is 0 Å². The van der Waals surface area contributed by atoms with E-state index in [2.05, 4.69) is 15.6 Å². The quantitative estimate of drug-likeness (QED) is 0.382. The van der Waals surface area contributed by atoms with E-state index in [9.17, 15) is 13.2 Å². The summed E-state index contributed by atoms with van der Waals surface area (Å²) in [6.07, 6.45) is -2.74. The molecule has 0 unspecified atom stereocenters. The van der Waals surface area contributed by atoms with Gasteiger partial charge in [-0.2, -0.15) is 13.2 Å². The van der Waals surface area contributed by atoms with Crippen molar-refractivity contribution in [2.24, 2.45) is 4.99 Å². The van der Waals surface area contributed by atoms with Crippen LogP contribution >= 0.6 is 0 Å². The van der Waals surface area contributed by atoms with Crippen LogP contribution in [-0.4, -0.2) is 63.9 Å². The summed E-state index contributed by atoms with van der Waals surface area (Å²) in [5, 5.41) is 6.23. The Bertz CT molecular complexity index is 494. The summed E-state index contributed by atoms with van der Waals surface area (Å²) < 4.78 is 42.2. The van der Waals surface area contributed by atoms with Gasteiger partial charge in [0, 0.05) is 20.1 Å². The van der Waals surface area contributed by atoms with Crippen LogP contribution in [0.2, 0.25) is 0 Å². The summed E-state index contributed by atoms with van der Waals surface area (Å²) in [7, 11) is 3.12. The summed E-state index contributed by atoms with van der Waals surface area (Å²) >= 11 is 0. The Hall–Kier alpha value is -1.96. The lowest BCUT2D eigenvalue weighted by Gasteiger charge is -2.19. The van der Waals surface area contributed by atoms with Gasteiger partial charge in [-0.15, -0.1) is 0 Å². The number of hydrogen-bond donors (Lipinski definition) is 2. The molecule has 0 aromatic heterocycles. The van der Waals surface area contributed by atoms with E-state index in [4.69, 9.17) is 4.74 Å². The number of aliphatic imine (C=N–C) groups is 1. The van der Waals surface area contributed by atoms with Crippen molar-refractivity contribution in [2.45, 2.75) is 19.0 Å². The summed E-state index contributed by atoms with van der Waals surface area (Å²) in [6, 6.07) is 9.59. The third-order valence-corrected chi connectivity index (χ3v) is 3.31. The van der Waals surface area contributed by atoms with Crippen LogP contribution in [0.15, 0.2) is 35.3 Å². The number of nitrogens with one attached hydrogen (secondary N) is 2. The van der Waals surface area contributed by atoms with Gasteiger partial charge in [-0.3, -0.25) is 9.89 Å². The average Bonchev–Trinajstić information content (AvgIpc) is 2.55. The van der Waals surface area contributed by atoms with Crippen LogP contribution < -0.4 is 15.4 Å². The number of benzene rings is 1. The zero-order chi connectivity index (χ0) is 18.5. The lowest BCUT2D eigenvalue weighted by molar-refractivity contribution is -0.143. The SMILES string of the molecule is CN=C(NCCCOc1ccccc1)NCCCN(C)CC(F)(F)F. The molecule has 0 aliphatic carbocycles. The van der Waals surface area contributed by atoms with Crippen LogP contribution in [0.3, 0.4) is 0 Å². The first-order chi connectivity index (χ1) is 11.9. The Morgan fingerprint density at radius 3 is 2.36 bits per heavy atom. The summed E-state index contributed by atoms with van der Waals surface area (Å²) in [6.45, 7) is 1.33. The normalized spacial score (nSPS) is 12.3. The van der Waals surface area contributed by atoms with Crippen molar-refractivity contribution in [1.29, 1.82) is 0 Å². The highest BCUT2D eigenvalue weighted by molar-refractivity contribution is 5.79. The third-order valence-electron chi connectivity index (χ3n) is 3.31. The van der Waals surface area contributed by atoms with Gasteiger partial charge in [0.15, 0.2) is 5.96 Å². The Labute approximate surface area is 147 Å². The van der Waals surface area contributed by atoms with Crippen LogP contribution in [0.4, 0.5) is 13.2 Å². The molecule has 0 saturated carbocycles.